The highest BCUT2D eigenvalue weighted by Crippen LogP contribution is 2.35. The van der Waals surface area contributed by atoms with Gasteiger partial charge in [-0.3, -0.25) is 0 Å². The van der Waals surface area contributed by atoms with Gasteiger partial charge >= 0.3 is 0 Å². The molecule has 0 bridgehead atoms. The highest BCUT2D eigenvalue weighted by molar-refractivity contribution is 7.11. The van der Waals surface area contributed by atoms with Crippen LogP contribution in [0.5, 0.6) is 0 Å². The molecule has 2 unspecified atom stereocenters. The van der Waals surface area contributed by atoms with Crippen molar-refractivity contribution in [2.24, 2.45) is 0 Å². The maximum atomic E-state index is 5.86. The largest absolute Gasteiger partial charge is 0.378 e. The molecule has 2 atom stereocenters. The zero-order valence-electron chi connectivity index (χ0n) is 12.5. The Bertz CT molecular complexity index is 426. The molecule has 4 heteroatoms. The van der Waals surface area contributed by atoms with E-state index < -0.39 is 0 Å². The van der Waals surface area contributed by atoms with E-state index in [-0.39, 0.29) is 0 Å². The first-order valence-corrected chi connectivity index (χ1v) is 9.02. The molecule has 1 aliphatic heterocycles. The molecule has 2 aliphatic rings. The number of aryl methyl sites for hydroxylation is 1. The lowest BCUT2D eigenvalue weighted by atomic mass is 9.98. The summed E-state index contributed by atoms with van der Waals surface area (Å²) in [4.78, 5) is 6.41. The Labute approximate surface area is 126 Å². The summed E-state index contributed by atoms with van der Waals surface area (Å²) in [6, 6.07) is 0.553. The highest BCUT2D eigenvalue weighted by atomic mass is 32.1. The van der Waals surface area contributed by atoms with Crippen molar-refractivity contribution < 1.29 is 4.74 Å². The Morgan fingerprint density at radius 3 is 3.05 bits per heavy atom. The lowest BCUT2D eigenvalue weighted by molar-refractivity contribution is 0.0167. The molecule has 1 saturated heterocycles. The minimum atomic E-state index is 0.415. The molecule has 2 heterocycles. The van der Waals surface area contributed by atoms with E-state index in [4.69, 9.17) is 9.72 Å². The minimum absolute atomic E-state index is 0.415. The van der Waals surface area contributed by atoms with E-state index in [1.807, 2.05) is 11.3 Å². The van der Waals surface area contributed by atoms with E-state index in [9.17, 15) is 0 Å². The summed E-state index contributed by atoms with van der Waals surface area (Å²) in [6.45, 7) is 4.29. The van der Waals surface area contributed by atoms with Gasteiger partial charge in [-0.15, -0.1) is 11.3 Å². The zero-order chi connectivity index (χ0) is 13.8. The third-order valence-electron chi connectivity index (χ3n) is 4.31. The molecule has 0 radical (unpaired) electrons. The number of nitrogens with zero attached hydrogens (tertiary/aromatic N) is 1. The summed E-state index contributed by atoms with van der Waals surface area (Å²) in [6.07, 6.45) is 10.1. The summed E-state index contributed by atoms with van der Waals surface area (Å²) < 4.78 is 5.86. The Morgan fingerprint density at radius 2 is 2.25 bits per heavy atom. The SMILES string of the molecule is CCCNC1CCCc2nc(CC3CCCCO3)sc21. The van der Waals surface area contributed by atoms with Crippen molar-refractivity contribution in [2.45, 2.75) is 70.4 Å². The number of rotatable bonds is 5. The van der Waals surface area contributed by atoms with Gasteiger partial charge in [0.2, 0.25) is 0 Å². The molecule has 1 N–H and O–H groups in total. The lowest BCUT2D eigenvalue weighted by Crippen LogP contribution is -2.24. The second-order valence-electron chi connectivity index (χ2n) is 6.01. The average molecular weight is 294 g/mol. The van der Waals surface area contributed by atoms with Gasteiger partial charge in [-0.2, -0.15) is 0 Å². The van der Waals surface area contributed by atoms with Crippen LogP contribution in [0.3, 0.4) is 0 Å². The second kappa shape index (κ2) is 7.01. The van der Waals surface area contributed by atoms with Crippen LogP contribution in [0.2, 0.25) is 0 Å². The smallest absolute Gasteiger partial charge is 0.0957 e. The highest BCUT2D eigenvalue weighted by Gasteiger charge is 2.25. The van der Waals surface area contributed by atoms with Crippen molar-refractivity contribution in [1.29, 1.82) is 0 Å². The first-order chi connectivity index (χ1) is 9.86. The average Bonchev–Trinajstić information content (AvgIpc) is 2.89. The van der Waals surface area contributed by atoms with Crippen molar-refractivity contribution in [3.8, 4) is 0 Å². The molecule has 112 valence electrons. The molecule has 1 aromatic rings. The molecule has 0 amide bonds. The number of hydrogen-bond donors (Lipinski definition) is 1. The maximum Gasteiger partial charge on any atom is 0.0957 e. The Kier molecular flexibility index (Phi) is 5.08. The second-order valence-corrected chi connectivity index (χ2v) is 7.13. The van der Waals surface area contributed by atoms with Gasteiger partial charge in [0.1, 0.15) is 0 Å². The van der Waals surface area contributed by atoms with Crippen molar-refractivity contribution in [3.63, 3.8) is 0 Å². The van der Waals surface area contributed by atoms with Crippen LogP contribution in [0.15, 0.2) is 0 Å². The molecular formula is C16H26N2OS. The van der Waals surface area contributed by atoms with Gasteiger partial charge in [-0.1, -0.05) is 6.92 Å². The van der Waals surface area contributed by atoms with Gasteiger partial charge in [-0.25, -0.2) is 4.98 Å². The molecule has 0 aromatic carbocycles. The van der Waals surface area contributed by atoms with Gasteiger partial charge in [0.25, 0.3) is 0 Å². The van der Waals surface area contributed by atoms with E-state index >= 15 is 0 Å². The van der Waals surface area contributed by atoms with Crippen LogP contribution in [0.1, 0.15) is 67.1 Å². The summed E-state index contributed by atoms with van der Waals surface area (Å²) >= 11 is 1.93. The monoisotopic (exact) mass is 294 g/mol. The van der Waals surface area contributed by atoms with Gasteiger partial charge in [0, 0.05) is 23.9 Å². The number of hydrogen-bond acceptors (Lipinski definition) is 4. The molecular weight excluding hydrogens is 268 g/mol. The van der Waals surface area contributed by atoms with E-state index in [0.29, 0.717) is 12.1 Å². The Balaban J connectivity index is 1.66. The van der Waals surface area contributed by atoms with E-state index in [0.717, 1.165) is 19.6 Å². The quantitative estimate of drug-likeness (QED) is 0.900. The maximum absolute atomic E-state index is 5.86. The third-order valence-corrected chi connectivity index (χ3v) is 5.55. The Morgan fingerprint density at radius 1 is 1.30 bits per heavy atom. The van der Waals surface area contributed by atoms with Crippen LogP contribution in [0.4, 0.5) is 0 Å². The van der Waals surface area contributed by atoms with Crippen LogP contribution in [0.25, 0.3) is 0 Å². The molecule has 0 spiro atoms. The number of fused-ring (bicyclic) bond motifs is 1. The van der Waals surface area contributed by atoms with Crippen molar-refractivity contribution in [1.82, 2.24) is 10.3 Å². The molecule has 20 heavy (non-hydrogen) atoms. The molecule has 1 aromatic heterocycles. The fourth-order valence-corrected chi connectivity index (χ4v) is 4.52. The number of thiazole rings is 1. The molecule has 1 aliphatic carbocycles. The first-order valence-electron chi connectivity index (χ1n) is 8.20. The number of nitrogens with one attached hydrogen (secondary N) is 1. The summed E-state index contributed by atoms with van der Waals surface area (Å²) in [7, 11) is 0. The van der Waals surface area contributed by atoms with Crippen molar-refractivity contribution >= 4 is 11.3 Å². The molecule has 3 rings (SSSR count). The van der Waals surface area contributed by atoms with Gasteiger partial charge in [0.15, 0.2) is 0 Å². The molecule has 1 fully saturated rings. The number of ether oxygens (including phenoxy) is 1. The first kappa shape index (κ1) is 14.5. The minimum Gasteiger partial charge on any atom is -0.378 e. The van der Waals surface area contributed by atoms with Crippen LogP contribution in [-0.2, 0) is 17.6 Å². The predicted octanol–water partition coefficient (Wildman–Crippen LogP) is 3.63. The van der Waals surface area contributed by atoms with Gasteiger partial charge < -0.3 is 10.1 Å². The van der Waals surface area contributed by atoms with Crippen LogP contribution in [0, 0.1) is 0 Å². The lowest BCUT2D eigenvalue weighted by Gasteiger charge is -2.22. The van der Waals surface area contributed by atoms with Crippen molar-refractivity contribution in [3.05, 3.63) is 15.6 Å². The summed E-state index contributed by atoms with van der Waals surface area (Å²) in [5.41, 5.74) is 1.36. The van der Waals surface area contributed by atoms with E-state index in [1.165, 1.54) is 60.5 Å². The summed E-state index contributed by atoms with van der Waals surface area (Å²) in [5, 5.41) is 4.98. The molecule has 0 saturated carbocycles. The van der Waals surface area contributed by atoms with Gasteiger partial charge in [-0.05, 0) is 51.5 Å². The normalized spacial score (nSPS) is 26.4. The van der Waals surface area contributed by atoms with Gasteiger partial charge in [0.05, 0.1) is 16.8 Å². The van der Waals surface area contributed by atoms with Crippen LogP contribution < -0.4 is 5.32 Å². The molecule has 3 nitrogen and oxygen atoms in total. The standard InChI is InChI=1S/C16H26N2OS/c1-2-9-17-13-7-5-8-14-16(13)20-15(18-14)11-12-6-3-4-10-19-12/h12-13,17H,2-11H2,1H3. The predicted molar refractivity (Wildman–Crippen MR) is 83.4 cm³/mol. The van der Waals surface area contributed by atoms with Crippen LogP contribution >= 0.6 is 11.3 Å². The summed E-state index contributed by atoms with van der Waals surface area (Å²) in [5.74, 6) is 0. The van der Waals surface area contributed by atoms with Crippen LogP contribution in [-0.4, -0.2) is 24.2 Å². The van der Waals surface area contributed by atoms with Crippen molar-refractivity contribution in [2.75, 3.05) is 13.2 Å². The van der Waals surface area contributed by atoms with E-state index in [1.54, 1.807) is 0 Å². The van der Waals surface area contributed by atoms with E-state index in [2.05, 4.69) is 12.2 Å². The fraction of sp³-hybridized carbons (Fsp3) is 0.812. The Hall–Kier alpha value is -0.450. The number of aromatic nitrogens is 1. The fourth-order valence-electron chi connectivity index (χ4n) is 3.23. The third kappa shape index (κ3) is 3.41. The zero-order valence-corrected chi connectivity index (χ0v) is 13.3. The topological polar surface area (TPSA) is 34.2 Å².